The minimum Gasteiger partial charge on any atom is -0.355 e. The predicted octanol–water partition coefficient (Wildman–Crippen LogP) is 3.17. The molecule has 0 bridgehead atoms. The molecule has 3 aromatic rings. The number of pyridine rings is 2. The van der Waals surface area contributed by atoms with E-state index in [4.69, 9.17) is 0 Å². The van der Waals surface area contributed by atoms with Gasteiger partial charge in [0.2, 0.25) is 5.95 Å². The number of fused-ring (bicyclic) bond motifs is 1. The largest absolute Gasteiger partial charge is 0.355 e. The zero-order valence-electron chi connectivity index (χ0n) is 19.5. The highest BCUT2D eigenvalue weighted by Gasteiger charge is 2.25. The summed E-state index contributed by atoms with van der Waals surface area (Å²) in [5.74, 6) is 1.37. The molecule has 1 N–H and O–H groups in total. The highest BCUT2D eigenvalue weighted by atomic mass is 32.1. The van der Waals surface area contributed by atoms with Crippen molar-refractivity contribution in [2.24, 2.45) is 0 Å². The van der Waals surface area contributed by atoms with Gasteiger partial charge in [-0.25, -0.2) is 9.97 Å². The summed E-state index contributed by atoms with van der Waals surface area (Å²) >= 11 is 0. The van der Waals surface area contributed by atoms with Gasteiger partial charge in [0.15, 0.2) is 0 Å². The Bertz CT molecular complexity index is 1260. The highest BCUT2D eigenvalue weighted by Crippen LogP contribution is 2.31. The molecule has 34 heavy (non-hydrogen) atoms. The van der Waals surface area contributed by atoms with E-state index < -0.39 is 0 Å². The van der Waals surface area contributed by atoms with Gasteiger partial charge in [-0.15, -0.1) is 0 Å². The maximum Gasteiger partial charge on any atom is 0.270 e. The van der Waals surface area contributed by atoms with E-state index in [2.05, 4.69) is 44.2 Å². The van der Waals surface area contributed by atoms with Crippen molar-refractivity contribution >= 4 is 42.0 Å². The van der Waals surface area contributed by atoms with Crippen molar-refractivity contribution in [3.8, 4) is 6.07 Å². The van der Waals surface area contributed by atoms with Crippen molar-refractivity contribution in [2.45, 2.75) is 44.2 Å². The van der Waals surface area contributed by atoms with E-state index in [0.717, 1.165) is 56.7 Å². The maximum atomic E-state index is 12.9. The molecule has 0 spiro atoms. The Morgan fingerprint density at radius 3 is 2.59 bits per heavy atom. The van der Waals surface area contributed by atoms with E-state index in [1.54, 1.807) is 23.0 Å². The van der Waals surface area contributed by atoms with Crippen molar-refractivity contribution in [3.63, 3.8) is 0 Å². The van der Waals surface area contributed by atoms with Crippen LogP contribution in [0, 0.1) is 11.3 Å². The van der Waals surface area contributed by atoms with Gasteiger partial charge < -0.3 is 15.1 Å². The molecule has 1 saturated carbocycles. The van der Waals surface area contributed by atoms with E-state index in [1.807, 2.05) is 18.2 Å². The van der Waals surface area contributed by atoms with Gasteiger partial charge in [0.1, 0.15) is 23.1 Å². The molecule has 2 aliphatic rings. The molecule has 4 heterocycles. The molecule has 0 unspecified atom stereocenters. The molecule has 5 rings (SSSR count). The first-order valence-corrected chi connectivity index (χ1v) is 11.5. The summed E-state index contributed by atoms with van der Waals surface area (Å²) in [5, 5.41) is 13.3. The Balaban J connectivity index is 0.00000274. The average molecular weight is 479 g/mol. The monoisotopic (exact) mass is 478 g/mol. The van der Waals surface area contributed by atoms with Gasteiger partial charge in [0.05, 0.1) is 11.9 Å². The van der Waals surface area contributed by atoms with Gasteiger partial charge in [0.25, 0.3) is 5.56 Å². The number of likely N-dealkylation sites (N-methyl/N-ethyl adjacent to an activating group) is 1. The van der Waals surface area contributed by atoms with Gasteiger partial charge in [0, 0.05) is 36.8 Å². The number of hydrogen-bond donors (Lipinski definition) is 1. The van der Waals surface area contributed by atoms with Gasteiger partial charge in [-0.05, 0) is 51.6 Å². The summed E-state index contributed by atoms with van der Waals surface area (Å²) in [6.45, 7) is 1.98. The Morgan fingerprint density at radius 2 is 1.94 bits per heavy atom. The van der Waals surface area contributed by atoms with Gasteiger partial charge in [-0.2, -0.15) is 23.7 Å². The van der Waals surface area contributed by atoms with E-state index >= 15 is 0 Å². The molecule has 10 heteroatoms. The molecule has 1 aliphatic heterocycles. The van der Waals surface area contributed by atoms with Crippen LogP contribution in [0.5, 0.6) is 0 Å². The van der Waals surface area contributed by atoms with Crippen LogP contribution >= 0.6 is 13.5 Å². The number of nitriles is 1. The number of nitrogens with zero attached hydrogens (tertiary/aromatic N) is 7. The lowest BCUT2D eigenvalue weighted by Crippen LogP contribution is -2.31. The van der Waals surface area contributed by atoms with Crippen LogP contribution in [-0.4, -0.2) is 57.6 Å². The second-order valence-electron chi connectivity index (χ2n) is 9.14. The molecular formula is C24H30N8OS. The van der Waals surface area contributed by atoms with Crippen molar-refractivity contribution in [2.75, 3.05) is 37.4 Å². The maximum absolute atomic E-state index is 12.9. The van der Waals surface area contributed by atoms with Crippen LogP contribution < -0.4 is 15.8 Å². The zero-order valence-corrected chi connectivity index (χ0v) is 20.5. The fraction of sp³-hybridized carbons (Fsp3) is 0.458. The van der Waals surface area contributed by atoms with E-state index in [-0.39, 0.29) is 30.7 Å². The van der Waals surface area contributed by atoms with Crippen LogP contribution in [0.25, 0.3) is 11.0 Å². The molecule has 2 fully saturated rings. The Hall–Kier alpha value is -3.16. The fourth-order valence-electron chi connectivity index (χ4n) is 4.91. The average Bonchev–Trinajstić information content (AvgIpc) is 3.52. The smallest absolute Gasteiger partial charge is 0.270 e. The summed E-state index contributed by atoms with van der Waals surface area (Å²) in [6.07, 6.45) is 8.60. The topological polar surface area (TPSA) is 103 Å². The SMILES string of the molecule is CN(C)[C@H]1CCN(c2ccc(Nc3ncc4cc(C#N)c(=O)n(C5CCCC5)c4n3)cn2)C1.S. The second kappa shape index (κ2) is 9.99. The Labute approximate surface area is 205 Å². The third kappa shape index (κ3) is 4.58. The summed E-state index contributed by atoms with van der Waals surface area (Å²) in [5.41, 5.74) is 1.22. The fourth-order valence-corrected chi connectivity index (χ4v) is 4.91. The molecule has 1 aliphatic carbocycles. The lowest BCUT2D eigenvalue weighted by Gasteiger charge is -2.21. The number of rotatable bonds is 5. The standard InChI is InChI=1S/C24H28N8O.H2S/c1-30(2)20-9-10-31(15-20)21-8-7-18(14-26-21)28-24-27-13-17-11-16(12-25)23(33)32(22(17)29-24)19-5-3-4-6-19;/h7-8,11,13-14,19-20H,3-6,9-10,15H2,1-2H3,(H,27,28,29);1H2/t20-;/m0./s1. The van der Waals surface area contributed by atoms with Crippen LogP contribution in [0.3, 0.4) is 0 Å². The molecule has 1 atom stereocenters. The van der Waals surface area contributed by atoms with Crippen LogP contribution in [0.1, 0.15) is 43.7 Å². The van der Waals surface area contributed by atoms with E-state index in [9.17, 15) is 10.1 Å². The van der Waals surface area contributed by atoms with Crippen LogP contribution in [-0.2, 0) is 0 Å². The van der Waals surface area contributed by atoms with Crippen molar-refractivity contribution in [1.82, 2.24) is 24.4 Å². The lowest BCUT2D eigenvalue weighted by atomic mass is 10.2. The lowest BCUT2D eigenvalue weighted by molar-refractivity contribution is 0.315. The molecule has 0 aromatic carbocycles. The summed E-state index contributed by atoms with van der Waals surface area (Å²) in [4.78, 5) is 31.2. The third-order valence-corrected chi connectivity index (χ3v) is 6.81. The first-order chi connectivity index (χ1) is 16.0. The molecule has 9 nitrogen and oxygen atoms in total. The highest BCUT2D eigenvalue weighted by molar-refractivity contribution is 7.59. The first kappa shape index (κ1) is 24.0. The third-order valence-electron chi connectivity index (χ3n) is 6.81. The quantitative estimate of drug-likeness (QED) is 0.597. The van der Waals surface area contributed by atoms with Crippen molar-refractivity contribution in [3.05, 3.63) is 46.5 Å². The molecule has 0 radical (unpaired) electrons. The predicted molar refractivity (Wildman–Crippen MR) is 138 cm³/mol. The van der Waals surface area contributed by atoms with Crippen LogP contribution in [0.15, 0.2) is 35.4 Å². The summed E-state index contributed by atoms with van der Waals surface area (Å²) < 4.78 is 1.70. The van der Waals surface area contributed by atoms with Crippen molar-refractivity contribution < 1.29 is 0 Å². The number of aromatic nitrogens is 4. The van der Waals surface area contributed by atoms with Crippen molar-refractivity contribution in [1.29, 1.82) is 5.26 Å². The minimum absolute atomic E-state index is 0. The van der Waals surface area contributed by atoms with E-state index in [1.165, 1.54) is 0 Å². The molecule has 3 aromatic heterocycles. The molecular weight excluding hydrogens is 448 g/mol. The summed E-state index contributed by atoms with van der Waals surface area (Å²) in [6, 6.07) is 8.21. The Morgan fingerprint density at radius 1 is 1.15 bits per heavy atom. The van der Waals surface area contributed by atoms with Gasteiger partial charge in [-0.3, -0.25) is 9.36 Å². The zero-order chi connectivity index (χ0) is 22.9. The Kier molecular flexibility index (Phi) is 7.05. The van der Waals surface area contributed by atoms with Crippen LogP contribution in [0.4, 0.5) is 17.5 Å². The molecule has 0 amide bonds. The molecule has 1 saturated heterocycles. The second-order valence-corrected chi connectivity index (χ2v) is 9.14. The van der Waals surface area contributed by atoms with E-state index in [0.29, 0.717) is 23.0 Å². The van der Waals surface area contributed by atoms with Gasteiger partial charge in [-0.1, -0.05) is 12.8 Å². The van der Waals surface area contributed by atoms with Gasteiger partial charge >= 0.3 is 0 Å². The number of anilines is 3. The number of hydrogen-bond acceptors (Lipinski definition) is 8. The minimum atomic E-state index is -0.269. The first-order valence-electron chi connectivity index (χ1n) is 11.5. The normalized spacial score (nSPS) is 18.3. The number of nitrogens with one attached hydrogen (secondary N) is 1. The summed E-state index contributed by atoms with van der Waals surface area (Å²) in [7, 11) is 4.23. The van der Waals surface area contributed by atoms with Crippen LogP contribution in [0.2, 0.25) is 0 Å². The molecule has 178 valence electrons.